The van der Waals surface area contributed by atoms with Gasteiger partial charge in [-0.05, 0) is 31.6 Å². The Balaban J connectivity index is 5.20. The molecule has 0 amide bonds. The molecule has 0 aliphatic rings. The van der Waals surface area contributed by atoms with Gasteiger partial charge in [0, 0.05) is 25.7 Å². The zero-order chi connectivity index (χ0) is 71.9. The predicted molar refractivity (Wildman–Crippen MR) is 400 cm³/mol. The van der Waals surface area contributed by atoms with E-state index >= 15 is 0 Å². The van der Waals surface area contributed by atoms with Gasteiger partial charge in [0.1, 0.15) is 19.3 Å². The van der Waals surface area contributed by atoms with Crippen molar-refractivity contribution in [3.63, 3.8) is 0 Å². The molecule has 0 saturated carbocycles. The number of aliphatic hydroxyl groups is 1. The summed E-state index contributed by atoms with van der Waals surface area (Å²) in [6, 6.07) is 0. The van der Waals surface area contributed by atoms with Crippen LogP contribution in [0.15, 0.2) is 0 Å². The first-order chi connectivity index (χ1) is 47.5. The van der Waals surface area contributed by atoms with Gasteiger partial charge < -0.3 is 33.8 Å². The van der Waals surface area contributed by atoms with E-state index in [4.69, 9.17) is 37.0 Å². The second kappa shape index (κ2) is 72.0. The lowest BCUT2D eigenvalue weighted by atomic mass is 10.0. The van der Waals surface area contributed by atoms with Gasteiger partial charge in [-0.3, -0.25) is 37.3 Å². The molecule has 0 aromatic carbocycles. The summed E-state index contributed by atoms with van der Waals surface area (Å²) in [6.07, 6.45) is 62.4. The van der Waals surface area contributed by atoms with Crippen LogP contribution < -0.4 is 0 Å². The third kappa shape index (κ3) is 72.4. The number of hydrogen-bond donors (Lipinski definition) is 3. The maximum atomic E-state index is 13.1. The van der Waals surface area contributed by atoms with Gasteiger partial charge in [0.05, 0.1) is 26.4 Å². The number of phosphoric ester groups is 2. The minimum atomic E-state index is -4.96. The SMILES string of the molecule is CCCCCCCCCCCCCCCCCCCCCC(=O)O[C@H](COC(=O)CCCCCCCCCCCCCCCC(C)C)COP(=O)(O)OC[C@@H](O)COP(=O)(O)OC[C@@H](COC(=O)CCCCCCCCCC)OC(=O)CCCCCCCCCCCCCCCCC. The van der Waals surface area contributed by atoms with E-state index in [9.17, 15) is 43.2 Å². The molecule has 3 N–H and O–H groups in total. The fourth-order valence-corrected chi connectivity index (χ4v) is 13.8. The van der Waals surface area contributed by atoms with E-state index < -0.39 is 97.5 Å². The molecule has 0 heterocycles. The molecule has 0 aliphatic carbocycles. The van der Waals surface area contributed by atoms with E-state index in [1.807, 2.05) is 0 Å². The fraction of sp³-hybridized carbons (Fsp3) is 0.949. The van der Waals surface area contributed by atoms with Gasteiger partial charge in [0.25, 0.3) is 0 Å². The second-order valence-electron chi connectivity index (χ2n) is 28.9. The van der Waals surface area contributed by atoms with Crippen LogP contribution in [0.1, 0.15) is 420 Å². The number of unbranched alkanes of at least 4 members (excludes halogenated alkanes) is 51. The van der Waals surface area contributed by atoms with Crippen LogP contribution in [0, 0.1) is 5.92 Å². The van der Waals surface area contributed by atoms with Crippen LogP contribution >= 0.6 is 15.6 Å². The Labute approximate surface area is 600 Å². The van der Waals surface area contributed by atoms with Gasteiger partial charge in [0.15, 0.2) is 12.2 Å². The molecule has 98 heavy (non-hydrogen) atoms. The van der Waals surface area contributed by atoms with Crippen LogP contribution in [0.5, 0.6) is 0 Å². The largest absolute Gasteiger partial charge is 0.472 e. The van der Waals surface area contributed by atoms with Crippen LogP contribution in [0.2, 0.25) is 0 Å². The number of carbonyl (C=O) groups excluding carboxylic acids is 4. The molecule has 17 nitrogen and oxygen atoms in total. The second-order valence-corrected chi connectivity index (χ2v) is 31.8. The van der Waals surface area contributed by atoms with E-state index in [0.717, 1.165) is 102 Å². The normalized spacial score (nSPS) is 13.9. The van der Waals surface area contributed by atoms with Gasteiger partial charge in [-0.2, -0.15) is 0 Å². The van der Waals surface area contributed by atoms with Gasteiger partial charge >= 0.3 is 39.5 Å². The summed E-state index contributed by atoms with van der Waals surface area (Å²) in [7, 11) is -9.91. The maximum absolute atomic E-state index is 13.1. The number of phosphoric acid groups is 2. The zero-order valence-corrected chi connectivity index (χ0v) is 65.7. The van der Waals surface area contributed by atoms with Crippen molar-refractivity contribution in [2.75, 3.05) is 39.6 Å². The van der Waals surface area contributed by atoms with Crippen molar-refractivity contribution in [3.8, 4) is 0 Å². The molecule has 0 aromatic heterocycles. The average Bonchev–Trinajstić information content (AvgIpc) is 1.07. The summed E-state index contributed by atoms with van der Waals surface area (Å²) in [6.45, 7) is 7.31. The van der Waals surface area contributed by atoms with Crippen LogP contribution in [-0.4, -0.2) is 96.7 Å². The number of carbonyl (C=O) groups is 4. The van der Waals surface area contributed by atoms with E-state index in [1.165, 1.54) is 238 Å². The monoisotopic (exact) mass is 1440 g/mol. The Kier molecular flexibility index (Phi) is 70.6. The quantitative estimate of drug-likeness (QED) is 0.0222. The molecule has 582 valence electrons. The number of ether oxygens (including phenoxy) is 4. The van der Waals surface area contributed by atoms with E-state index in [2.05, 4.69) is 34.6 Å². The first-order valence-corrected chi connectivity index (χ1v) is 44.1. The van der Waals surface area contributed by atoms with Crippen LogP contribution in [0.4, 0.5) is 0 Å². The minimum Gasteiger partial charge on any atom is -0.462 e. The number of rotatable bonds is 79. The number of hydrogen-bond acceptors (Lipinski definition) is 15. The first-order valence-electron chi connectivity index (χ1n) is 41.1. The third-order valence-corrected chi connectivity index (χ3v) is 20.4. The summed E-state index contributed by atoms with van der Waals surface area (Å²) in [5, 5.41) is 10.6. The zero-order valence-electron chi connectivity index (χ0n) is 63.9. The molecular weight excluding hydrogens is 1280 g/mol. The van der Waals surface area contributed by atoms with Crippen LogP contribution in [0.25, 0.3) is 0 Å². The van der Waals surface area contributed by atoms with Gasteiger partial charge in [0.2, 0.25) is 0 Å². The molecule has 2 unspecified atom stereocenters. The Hall–Kier alpha value is -1.94. The molecule has 0 fully saturated rings. The van der Waals surface area contributed by atoms with Crippen LogP contribution in [0.3, 0.4) is 0 Å². The van der Waals surface area contributed by atoms with Crippen molar-refractivity contribution in [1.29, 1.82) is 0 Å². The lowest BCUT2D eigenvalue weighted by Gasteiger charge is -2.21. The van der Waals surface area contributed by atoms with Crippen molar-refractivity contribution in [3.05, 3.63) is 0 Å². The lowest BCUT2D eigenvalue weighted by molar-refractivity contribution is -0.161. The standard InChI is InChI=1S/C79H154O17P2/c1-6-9-12-15-18-21-23-25-27-28-29-30-32-36-41-45-50-55-60-65-79(84)96-75(69-90-77(82)63-58-53-48-43-39-37-33-34-38-42-46-51-56-61-72(4)5)71-94-98(87,88)92-67-73(80)66-91-97(85,86)93-70-74(68-89-76(81)62-57-52-47-20-17-14-11-8-3)95-78(83)64-59-54-49-44-40-35-31-26-24-22-19-16-13-10-7-2/h72-75,80H,6-71H2,1-5H3,(H,85,86)(H,87,88)/t73-,74+,75+/m0/s1. The van der Waals surface area contributed by atoms with Crippen molar-refractivity contribution < 1.29 is 80.2 Å². The summed E-state index contributed by atoms with van der Waals surface area (Å²) < 4.78 is 68.6. The summed E-state index contributed by atoms with van der Waals surface area (Å²) >= 11 is 0. The summed E-state index contributed by atoms with van der Waals surface area (Å²) in [5.41, 5.74) is 0. The molecule has 0 saturated heterocycles. The lowest BCUT2D eigenvalue weighted by Crippen LogP contribution is -2.30. The Morgan fingerprint density at radius 1 is 0.276 bits per heavy atom. The molecule has 0 bridgehead atoms. The highest BCUT2D eigenvalue weighted by molar-refractivity contribution is 7.47. The topological polar surface area (TPSA) is 237 Å². The van der Waals surface area contributed by atoms with Crippen molar-refractivity contribution in [2.24, 2.45) is 5.92 Å². The summed E-state index contributed by atoms with van der Waals surface area (Å²) in [4.78, 5) is 72.9. The van der Waals surface area contributed by atoms with Gasteiger partial charge in [-0.25, -0.2) is 9.13 Å². The average molecular weight is 1440 g/mol. The molecule has 0 spiro atoms. The van der Waals surface area contributed by atoms with Crippen LogP contribution in [-0.2, 0) is 65.4 Å². The van der Waals surface area contributed by atoms with Gasteiger partial charge in [-0.15, -0.1) is 0 Å². The first kappa shape index (κ1) is 96.1. The highest BCUT2D eigenvalue weighted by Gasteiger charge is 2.30. The van der Waals surface area contributed by atoms with E-state index in [-0.39, 0.29) is 25.7 Å². The smallest absolute Gasteiger partial charge is 0.462 e. The summed E-state index contributed by atoms with van der Waals surface area (Å²) in [5.74, 6) is -1.32. The molecule has 0 radical (unpaired) electrons. The Morgan fingerprint density at radius 2 is 0.469 bits per heavy atom. The minimum absolute atomic E-state index is 0.108. The van der Waals surface area contributed by atoms with Crippen molar-refractivity contribution in [2.45, 2.75) is 438 Å². The predicted octanol–water partition coefficient (Wildman–Crippen LogP) is 23.6. The molecule has 19 heteroatoms. The van der Waals surface area contributed by atoms with E-state index in [0.29, 0.717) is 25.7 Å². The van der Waals surface area contributed by atoms with Gasteiger partial charge in [-0.1, -0.05) is 369 Å². The van der Waals surface area contributed by atoms with Crippen molar-refractivity contribution in [1.82, 2.24) is 0 Å². The highest BCUT2D eigenvalue weighted by Crippen LogP contribution is 2.45. The highest BCUT2D eigenvalue weighted by atomic mass is 31.2. The third-order valence-electron chi connectivity index (χ3n) is 18.5. The Bertz CT molecular complexity index is 1870. The van der Waals surface area contributed by atoms with Crippen molar-refractivity contribution >= 4 is 39.5 Å². The van der Waals surface area contributed by atoms with E-state index in [1.54, 1.807) is 0 Å². The molecule has 0 aromatic rings. The number of aliphatic hydroxyl groups excluding tert-OH is 1. The molecule has 5 atom stereocenters. The molecular formula is C79H154O17P2. The maximum Gasteiger partial charge on any atom is 0.472 e. The molecule has 0 aliphatic heterocycles. The molecule has 0 rings (SSSR count). The number of esters is 4. The fourth-order valence-electron chi connectivity index (χ4n) is 12.2. The Morgan fingerprint density at radius 3 is 0.694 bits per heavy atom.